The van der Waals surface area contributed by atoms with Crippen molar-refractivity contribution in [3.63, 3.8) is 0 Å². The number of carbonyl (C=O) groups excluding carboxylic acids is 2. The summed E-state index contributed by atoms with van der Waals surface area (Å²) in [6.45, 7) is 8.19. The highest BCUT2D eigenvalue weighted by Gasteiger charge is 2.27. The Morgan fingerprint density at radius 2 is 1.50 bits per heavy atom. The largest absolute Gasteiger partial charge is 0.461 e. The molecule has 2 aromatic rings. The third kappa shape index (κ3) is 10.8. The van der Waals surface area contributed by atoms with Gasteiger partial charge in [-0.25, -0.2) is 5.48 Å². The minimum atomic E-state index is -0.561. The summed E-state index contributed by atoms with van der Waals surface area (Å²) in [6, 6.07) is 15.6. The molecule has 1 aliphatic rings. The summed E-state index contributed by atoms with van der Waals surface area (Å²) in [6.07, 6.45) is 7.07. The predicted molar refractivity (Wildman–Crippen MR) is 147 cm³/mol. The van der Waals surface area contributed by atoms with E-state index in [4.69, 9.17) is 14.7 Å². The smallest absolute Gasteiger partial charge is 0.325 e. The van der Waals surface area contributed by atoms with Crippen molar-refractivity contribution in [3.05, 3.63) is 76.9 Å². The molecule has 4 N–H and O–H groups in total. The van der Waals surface area contributed by atoms with Crippen molar-refractivity contribution >= 4 is 18.0 Å². The van der Waals surface area contributed by atoms with Crippen LogP contribution >= 0.6 is 0 Å². The Morgan fingerprint density at radius 1 is 0.947 bits per heavy atom. The van der Waals surface area contributed by atoms with Crippen LogP contribution in [0.1, 0.15) is 68.7 Å². The number of ether oxygens (including phenoxy) is 2. The summed E-state index contributed by atoms with van der Waals surface area (Å²) in [5.74, 6) is -0.796. The number of esters is 1. The van der Waals surface area contributed by atoms with Crippen LogP contribution in [0.4, 0.5) is 0 Å². The number of hydroxylamine groups is 1. The van der Waals surface area contributed by atoms with Gasteiger partial charge < -0.3 is 14.8 Å². The Balaban J connectivity index is 1.45. The second-order valence-electron chi connectivity index (χ2n) is 10.7. The molecule has 8 nitrogen and oxygen atoms in total. The molecule has 1 fully saturated rings. The zero-order chi connectivity index (χ0) is 27.4. The van der Waals surface area contributed by atoms with E-state index >= 15 is 0 Å². The maximum atomic E-state index is 12.8. The number of carbonyl (C=O) groups is 2. The fourth-order valence-corrected chi connectivity index (χ4v) is 4.12. The molecule has 0 radical (unpaired) electrons. The molecule has 1 saturated carbocycles. The van der Waals surface area contributed by atoms with Crippen molar-refractivity contribution in [2.75, 3.05) is 6.61 Å². The van der Waals surface area contributed by atoms with Crippen molar-refractivity contribution in [2.24, 2.45) is 0 Å². The van der Waals surface area contributed by atoms with Gasteiger partial charge in [0.1, 0.15) is 12.1 Å². The van der Waals surface area contributed by atoms with Crippen LogP contribution in [0, 0.1) is 0 Å². The Kier molecular flexibility index (Phi) is 11.5. The molecular weight excluding hydrogens is 482 g/mol. The monoisotopic (exact) mass is 523 g/mol. The molecule has 38 heavy (non-hydrogen) atoms. The molecule has 3 rings (SSSR count). The van der Waals surface area contributed by atoms with E-state index in [0.717, 1.165) is 54.5 Å². The van der Waals surface area contributed by atoms with E-state index < -0.39 is 11.9 Å². The summed E-state index contributed by atoms with van der Waals surface area (Å²) < 4.78 is 11.6. The Morgan fingerprint density at radius 3 is 2.05 bits per heavy atom. The second kappa shape index (κ2) is 14.8. The molecule has 0 heterocycles. The average molecular weight is 524 g/mol. The lowest BCUT2D eigenvalue weighted by Gasteiger charge is -2.25. The summed E-state index contributed by atoms with van der Waals surface area (Å²) in [5, 5.41) is 15.3. The number of hydrogen-bond donors (Lipinski definition) is 4. The van der Waals surface area contributed by atoms with Crippen molar-refractivity contribution in [3.8, 4) is 0 Å². The lowest BCUT2D eigenvalue weighted by atomic mass is 10.1. The van der Waals surface area contributed by atoms with Gasteiger partial charge in [-0.2, -0.15) is 0 Å². The van der Waals surface area contributed by atoms with Gasteiger partial charge in [-0.05, 0) is 74.8 Å². The summed E-state index contributed by atoms with van der Waals surface area (Å²) >= 11 is 0. The molecule has 8 heteroatoms. The molecule has 0 bridgehead atoms. The van der Waals surface area contributed by atoms with Gasteiger partial charge in [0, 0.05) is 25.7 Å². The molecule has 1 atom stereocenters. The van der Waals surface area contributed by atoms with Gasteiger partial charge in [0.2, 0.25) is 0 Å². The molecule has 1 unspecified atom stereocenters. The van der Waals surface area contributed by atoms with Crippen LogP contribution in [0.15, 0.2) is 54.6 Å². The van der Waals surface area contributed by atoms with Gasteiger partial charge in [-0.15, -0.1) is 0 Å². The Labute approximate surface area is 225 Å². The molecular formula is C30H41N3O5. The van der Waals surface area contributed by atoms with Crippen LogP contribution in [0.2, 0.25) is 0 Å². The van der Waals surface area contributed by atoms with E-state index in [9.17, 15) is 9.59 Å². The lowest BCUT2D eigenvalue weighted by molar-refractivity contribution is -0.154. The second-order valence-corrected chi connectivity index (χ2v) is 10.7. The van der Waals surface area contributed by atoms with Crippen molar-refractivity contribution in [1.82, 2.24) is 16.1 Å². The van der Waals surface area contributed by atoms with Crippen LogP contribution in [0.5, 0.6) is 0 Å². The van der Waals surface area contributed by atoms with Crippen LogP contribution < -0.4 is 16.1 Å². The number of rotatable bonds is 13. The number of benzene rings is 2. The van der Waals surface area contributed by atoms with E-state index in [1.807, 2.05) is 45.0 Å². The Bertz CT molecular complexity index is 1040. The first kappa shape index (κ1) is 29.5. The third-order valence-electron chi connectivity index (χ3n) is 6.30. The fourth-order valence-electron chi connectivity index (χ4n) is 4.12. The molecule has 1 aliphatic carbocycles. The highest BCUT2D eigenvalue weighted by Crippen LogP contribution is 2.21. The van der Waals surface area contributed by atoms with E-state index in [2.05, 4.69) is 34.9 Å². The van der Waals surface area contributed by atoms with Crippen molar-refractivity contribution < 1.29 is 24.3 Å². The lowest BCUT2D eigenvalue weighted by Crippen LogP contribution is -2.44. The van der Waals surface area contributed by atoms with Gasteiger partial charge in [0.25, 0.3) is 5.91 Å². The number of amides is 1. The third-order valence-corrected chi connectivity index (χ3v) is 6.30. The first-order valence-corrected chi connectivity index (χ1v) is 13.3. The first-order valence-electron chi connectivity index (χ1n) is 13.3. The van der Waals surface area contributed by atoms with Gasteiger partial charge >= 0.3 is 5.97 Å². The molecule has 206 valence electrons. The minimum Gasteiger partial charge on any atom is -0.461 e. The number of hydrogen-bond acceptors (Lipinski definition) is 7. The molecule has 2 aromatic carbocycles. The standard InChI is InChI=1S/C30H41N3O5/c1-30(2,3)37-21-27(29(35)38-26-6-4-5-7-26)32-20-25-14-12-24(13-15-25)19-31-18-23-10-8-22(9-11-23)16-17-28(34)33-36/h8-17,26-27,31-32,36H,4-7,18-21H2,1-3H3,(H,33,34)/b17-16+. The molecule has 0 aliphatic heterocycles. The fraction of sp³-hybridized carbons (Fsp3) is 0.467. The quantitative estimate of drug-likeness (QED) is 0.134. The SMILES string of the molecule is CC(C)(C)OCC(NCc1ccc(CNCc2ccc(/C=C/C(=O)NO)cc2)cc1)C(=O)OC1CCCC1. The summed E-state index contributed by atoms with van der Waals surface area (Å²) in [5.41, 5.74) is 5.49. The Hall–Kier alpha value is -3.04. The normalized spacial score (nSPS) is 15.1. The zero-order valence-electron chi connectivity index (χ0n) is 22.7. The van der Waals surface area contributed by atoms with Gasteiger partial charge in [-0.1, -0.05) is 48.5 Å². The van der Waals surface area contributed by atoms with Crippen LogP contribution in [-0.2, 0) is 38.7 Å². The maximum absolute atomic E-state index is 12.8. The molecule has 0 saturated heterocycles. The first-order chi connectivity index (χ1) is 18.2. The van der Waals surface area contributed by atoms with Gasteiger partial charge in [0.15, 0.2) is 0 Å². The van der Waals surface area contributed by atoms with Gasteiger partial charge in [-0.3, -0.25) is 20.1 Å². The zero-order valence-corrected chi connectivity index (χ0v) is 22.7. The van der Waals surface area contributed by atoms with Gasteiger partial charge in [0.05, 0.1) is 12.2 Å². The average Bonchev–Trinajstić information content (AvgIpc) is 3.41. The molecule has 0 spiro atoms. The van der Waals surface area contributed by atoms with Crippen LogP contribution in [0.25, 0.3) is 6.08 Å². The molecule has 1 amide bonds. The highest BCUT2D eigenvalue weighted by molar-refractivity contribution is 5.90. The van der Waals surface area contributed by atoms with E-state index in [1.54, 1.807) is 11.6 Å². The molecule has 0 aromatic heterocycles. The summed E-state index contributed by atoms with van der Waals surface area (Å²) in [7, 11) is 0. The van der Waals surface area contributed by atoms with E-state index in [0.29, 0.717) is 13.1 Å². The maximum Gasteiger partial charge on any atom is 0.325 e. The topological polar surface area (TPSA) is 109 Å². The summed E-state index contributed by atoms with van der Waals surface area (Å²) in [4.78, 5) is 23.9. The van der Waals surface area contributed by atoms with E-state index in [-0.39, 0.29) is 24.3 Å². The van der Waals surface area contributed by atoms with Crippen molar-refractivity contribution in [2.45, 2.75) is 83.8 Å². The predicted octanol–water partition coefficient (Wildman–Crippen LogP) is 4.25. The number of nitrogens with one attached hydrogen (secondary N) is 3. The van der Waals surface area contributed by atoms with Crippen molar-refractivity contribution in [1.29, 1.82) is 0 Å². The van der Waals surface area contributed by atoms with E-state index in [1.165, 1.54) is 6.08 Å². The highest BCUT2D eigenvalue weighted by atomic mass is 16.6. The minimum absolute atomic E-state index is 0.0306. The van der Waals surface area contributed by atoms with Crippen LogP contribution in [-0.4, -0.2) is 41.4 Å². The van der Waals surface area contributed by atoms with Crippen LogP contribution in [0.3, 0.4) is 0 Å².